The first-order valence-corrected chi connectivity index (χ1v) is 11.0. The van der Waals surface area contributed by atoms with E-state index in [1.807, 2.05) is 18.2 Å². The van der Waals surface area contributed by atoms with Crippen LogP contribution in [-0.4, -0.2) is 42.0 Å². The molecule has 8 heteroatoms. The molecule has 0 unspecified atom stereocenters. The first-order valence-electron chi connectivity index (χ1n) is 10.7. The third kappa shape index (κ3) is 3.67. The fourth-order valence-electron chi connectivity index (χ4n) is 4.13. The van der Waals surface area contributed by atoms with E-state index in [9.17, 15) is 9.59 Å². The van der Waals surface area contributed by atoms with Gasteiger partial charge in [-0.2, -0.15) is 9.78 Å². The monoisotopic (exact) mass is 478 g/mol. The highest BCUT2D eigenvalue weighted by atomic mass is 35.5. The van der Waals surface area contributed by atoms with Crippen LogP contribution in [0, 0.1) is 12.7 Å². The van der Waals surface area contributed by atoms with E-state index < -0.39 is 17.7 Å². The van der Waals surface area contributed by atoms with Crippen LogP contribution >= 0.6 is 11.6 Å². The van der Waals surface area contributed by atoms with Crippen LogP contribution in [0.2, 0.25) is 5.02 Å². The molecule has 0 atom stereocenters. The maximum atomic E-state index is 15.1. The van der Waals surface area contributed by atoms with Gasteiger partial charge in [-0.15, -0.1) is 0 Å². The fraction of sp³-hybridized carbons (Fsp3) is 0.192. The van der Waals surface area contributed by atoms with Gasteiger partial charge in [-0.05, 0) is 48.4 Å². The second kappa shape index (κ2) is 8.66. The lowest BCUT2D eigenvalue weighted by Crippen LogP contribution is -2.25. The van der Waals surface area contributed by atoms with E-state index in [0.29, 0.717) is 46.0 Å². The second-order valence-corrected chi connectivity index (χ2v) is 8.60. The van der Waals surface area contributed by atoms with E-state index in [1.54, 1.807) is 25.1 Å². The summed E-state index contributed by atoms with van der Waals surface area (Å²) in [6, 6.07) is 14.9. The summed E-state index contributed by atoms with van der Waals surface area (Å²) in [6.07, 6.45) is 0. The molecule has 5 rings (SSSR count). The summed E-state index contributed by atoms with van der Waals surface area (Å²) in [7, 11) is 1.23. The molecular weight excluding hydrogens is 459 g/mol. The van der Waals surface area contributed by atoms with E-state index >= 15 is 4.39 Å². The summed E-state index contributed by atoms with van der Waals surface area (Å²) < 4.78 is 26.4. The van der Waals surface area contributed by atoms with Gasteiger partial charge in [0.2, 0.25) is 0 Å². The predicted octanol–water partition coefficient (Wildman–Crippen LogP) is 5.39. The topological polar surface area (TPSA) is 70.4 Å². The smallest absolute Gasteiger partial charge is 0.337 e. The number of ether oxygens (including phenoxy) is 2. The van der Waals surface area contributed by atoms with Gasteiger partial charge >= 0.3 is 5.97 Å². The Bertz CT molecular complexity index is 1440. The Morgan fingerprint density at radius 2 is 1.94 bits per heavy atom. The molecule has 1 aliphatic heterocycles. The van der Waals surface area contributed by atoms with Crippen LogP contribution in [0.25, 0.3) is 22.2 Å². The number of methoxy groups -OCH3 is 1. The molecule has 6 nitrogen and oxygen atoms in total. The van der Waals surface area contributed by atoms with Crippen molar-refractivity contribution in [1.29, 1.82) is 0 Å². The lowest BCUT2D eigenvalue weighted by Gasteiger charge is -2.26. The second-order valence-electron chi connectivity index (χ2n) is 8.19. The molecule has 0 amide bonds. The van der Waals surface area contributed by atoms with Crippen molar-refractivity contribution in [2.75, 3.05) is 20.3 Å². The molecule has 0 saturated carbocycles. The highest BCUT2D eigenvalue weighted by Crippen LogP contribution is 2.34. The number of aryl methyl sites for hydroxylation is 1. The Kier molecular flexibility index (Phi) is 5.67. The van der Waals surface area contributed by atoms with Crippen LogP contribution < -0.4 is 0 Å². The van der Waals surface area contributed by atoms with Crippen LogP contribution in [-0.2, 0) is 9.47 Å². The zero-order valence-electron chi connectivity index (χ0n) is 18.5. The van der Waals surface area contributed by atoms with Gasteiger partial charge in [-0.25, -0.2) is 9.18 Å². The van der Waals surface area contributed by atoms with Crippen LogP contribution in [0.4, 0.5) is 4.39 Å². The van der Waals surface area contributed by atoms with E-state index in [4.69, 9.17) is 16.3 Å². The summed E-state index contributed by atoms with van der Waals surface area (Å²) in [5.74, 6) is -1.47. The molecule has 34 heavy (non-hydrogen) atoms. The molecule has 1 aromatic heterocycles. The largest absolute Gasteiger partial charge is 0.465 e. The maximum absolute atomic E-state index is 15.1. The highest BCUT2D eigenvalue weighted by Gasteiger charge is 2.26. The minimum absolute atomic E-state index is 0.0857. The molecule has 0 radical (unpaired) electrons. The zero-order valence-corrected chi connectivity index (χ0v) is 19.2. The minimum Gasteiger partial charge on any atom is -0.465 e. The van der Waals surface area contributed by atoms with E-state index in [2.05, 4.69) is 9.84 Å². The van der Waals surface area contributed by atoms with E-state index in [1.165, 1.54) is 23.9 Å². The molecule has 172 valence electrons. The van der Waals surface area contributed by atoms with Crippen molar-refractivity contribution in [3.8, 4) is 11.3 Å². The van der Waals surface area contributed by atoms with Gasteiger partial charge in [0.25, 0.3) is 5.91 Å². The predicted molar refractivity (Wildman–Crippen MR) is 126 cm³/mol. The summed E-state index contributed by atoms with van der Waals surface area (Å²) in [5, 5.41) is 5.45. The first-order chi connectivity index (χ1) is 16.4. The van der Waals surface area contributed by atoms with Crippen LogP contribution in [0.5, 0.6) is 0 Å². The Morgan fingerprint density at radius 3 is 2.59 bits per heavy atom. The van der Waals surface area contributed by atoms with Crippen LogP contribution in [0.3, 0.4) is 0 Å². The third-order valence-electron chi connectivity index (χ3n) is 6.09. The number of hydrogen-bond donors (Lipinski definition) is 0. The van der Waals surface area contributed by atoms with Crippen molar-refractivity contribution in [2.24, 2.45) is 0 Å². The SMILES string of the molecule is COC(=O)c1ccc(-c2nn(C(=O)c3c(C)cccc3Cl)c3cc(C4COC4)ccc23)c(F)c1. The Morgan fingerprint density at radius 1 is 1.15 bits per heavy atom. The van der Waals surface area contributed by atoms with Gasteiger partial charge in [0.05, 0.1) is 42.0 Å². The minimum atomic E-state index is -0.646. The zero-order chi connectivity index (χ0) is 24.0. The van der Waals surface area contributed by atoms with Crippen molar-refractivity contribution in [3.63, 3.8) is 0 Å². The molecule has 1 fully saturated rings. The number of halogens is 2. The molecule has 1 saturated heterocycles. The number of aromatic nitrogens is 2. The van der Waals surface area contributed by atoms with Gasteiger partial charge in [-0.3, -0.25) is 4.79 Å². The summed E-state index contributed by atoms with van der Waals surface area (Å²) >= 11 is 6.37. The first kappa shape index (κ1) is 22.3. The normalized spacial score (nSPS) is 13.6. The number of nitrogens with zero attached hydrogens (tertiary/aromatic N) is 2. The molecule has 0 bridgehead atoms. The van der Waals surface area contributed by atoms with Crippen LogP contribution in [0.1, 0.15) is 37.8 Å². The average Bonchev–Trinajstić information content (AvgIpc) is 3.16. The van der Waals surface area contributed by atoms with E-state index in [0.717, 1.165) is 11.6 Å². The standard InChI is InChI=1S/C26H20ClFN2O4/c1-14-4-3-5-20(27)23(14)25(31)30-22-11-15(17-12-34-13-17)6-9-19(22)24(29-30)18-8-7-16(10-21(18)28)26(32)33-2/h3-11,17H,12-13H2,1-2H3. The maximum Gasteiger partial charge on any atom is 0.337 e. The quantitative estimate of drug-likeness (QED) is 0.368. The molecule has 2 heterocycles. The van der Waals surface area contributed by atoms with Crippen molar-refractivity contribution in [3.05, 3.63) is 87.7 Å². The number of esters is 1. The molecule has 4 aromatic rings. The van der Waals surface area contributed by atoms with Gasteiger partial charge in [-0.1, -0.05) is 35.9 Å². The van der Waals surface area contributed by atoms with Gasteiger partial charge in [0, 0.05) is 16.9 Å². The van der Waals surface area contributed by atoms with Gasteiger partial charge in [0.15, 0.2) is 0 Å². The Balaban J connectivity index is 1.71. The molecule has 0 aliphatic carbocycles. The van der Waals surface area contributed by atoms with Crippen LogP contribution in [0.15, 0.2) is 54.6 Å². The summed E-state index contributed by atoms with van der Waals surface area (Å²) in [5.41, 5.74) is 3.14. The van der Waals surface area contributed by atoms with Gasteiger partial charge < -0.3 is 9.47 Å². The summed E-state index contributed by atoms with van der Waals surface area (Å²) in [4.78, 5) is 25.4. The lowest BCUT2D eigenvalue weighted by atomic mass is 9.95. The lowest BCUT2D eigenvalue weighted by molar-refractivity contribution is 0.00847. The van der Waals surface area contributed by atoms with Crippen molar-refractivity contribution < 1.29 is 23.5 Å². The Hall–Kier alpha value is -3.55. The molecule has 1 aliphatic rings. The fourth-order valence-corrected chi connectivity index (χ4v) is 4.43. The average molecular weight is 479 g/mol. The molecule has 0 spiro atoms. The molecule has 3 aromatic carbocycles. The van der Waals surface area contributed by atoms with Crippen molar-refractivity contribution >= 4 is 34.4 Å². The van der Waals surface area contributed by atoms with Crippen molar-refractivity contribution in [1.82, 2.24) is 9.78 Å². The highest BCUT2D eigenvalue weighted by molar-refractivity contribution is 6.34. The molecular formula is C26H20ClFN2O4. The Labute approximate surface area is 199 Å². The van der Waals surface area contributed by atoms with Crippen molar-refractivity contribution in [2.45, 2.75) is 12.8 Å². The number of carbonyl (C=O) groups excluding carboxylic acids is 2. The number of carbonyl (C=O) groups is 2. The summed E-state index contributed by atoms with van der Waals surface area (Å²) in [6.45, 7) is 3.01. The number of hydrogen-bond acceptors (Lipinski definition) is 5. The number of benzene rings is 3. The number of fused-ring (bicyclic) bond motifs is 1. The van der Waals surface area contributed by atoms with E-state index in [-0.39, 0.29) is 17.0 Å². The number of rotatable bonds is 4. The third-order valence-corrected chi connectivity index (χ3v) is 6.40. The molecule has 0 N–H and O–H groups in total. The van der Waals surface area contributed by atoms with Gasteiger partial charge in [0.1, 0.15) is 11.5 Å².